The number of carbonyl (C=O) groups is 1. The fourth-order valence-corrected chi connectivity index (χ4v) is 0.964. The van der Waals surface area contributed by atoms with E-state index in [1.165, 1.54) is 0 Å². The summed E-state index contributed by atoms with van der Waals surface area (Å²) < 4.78 is 1.80. The van der Waals surface area contributed by atoms with E-state index in [0.29, 0.717) is 11.4 Å². The molecule has 1 aromatic heterocycles. The molecule has 3 nitrogen and oxygen atoms in total. The standard InChI is InChI=1S/C9H12N2O/c1-4-11-6-5-10-9(11)8(12)7(2)3/h5-6H,2,4H2,1,3H3. The van der Waals surface area contributed by atoms with E-state index >= 15 is 0 Å². The second-order valence-corrected chi connectivity index (χ2v) is 2.65. The van der Waals surface area contributed by atoms with Crippen molar-refractivity contribution in [1.29, 1.82) is 0 Å². The number of carbonyl (C=O) groups excluding carboxylic acids is 1. The normalized spacial score (nSPS) is 9.83. The van der Waals surface area contributed by atoms with Crippen LogP contribution < -0.4 is 0 Å². The van der Waals surface area contributed by atoms with E-state index in [4.69, 9.17) is 0 Å². The zero-order valence-corrected chi connectivity index (χ0v) is 7.37. The lowest BCUT2D eigenvalue weighted by Crippen LogP contribution is -2.09. The second-order valence-electron chi connectivity index (χ2n) is 2.65. The molecule has 0 bridgehead atoms. The molecular formula is C9H12N2O. The van der Waals surface area contributed by atoms with Gasteiger partial charge in [0.1, 0.15) is 0 Å². The van der Waals surface area contributed by atoms with Gasteiger partial charge in [-0.3, -0.25) is 4.79 Å². The largest absolute Gasteiger partial charge is 0.329 e. The summed E-state index contributed by atoms with van der Waals surface area (Å²) in [6.07, 6.45) is 3.41. The Morgan fingerprint density at radius 1 is 1.75 bits per heavy atom. The van der Waals surface area contributed by atoms with Crippen molar-refractivity contribution in [1.82, 2.24) is 9.55 Å². The number of ketones is 1. The van der Waals surface area contributed by atoms with Gasteiger partial charge in [-0.25, -0.2) is 4.98 Å². The van der Waals surface area contributed by atoms with E-state index in [1.807, 2.05) is 6.92 Å². The molecular weight excluding hydrogens is 152 g/mol. The Hall–Kier alpha value is -1.38. The minimum absolute atomic E-state index is 0.0816. The third kappa shape index (κ3) is 1.44. The minimum Gasteiger partial charge on any atom is -0.329 e. The van der Waals surface area contributed by atoms with Crippen LogP contribution in [-0.4, -0.2) is 15.3 Å². The lowest BCUT2D eigenvalue weighted by molar-refractivity contribution is 0.102. The van der Waals surface area contributed by atoms with E-state index in [0.717, 1.165) is 6.54 Å². The number of hydrogen-bond donors (Lipinski definition) is 0. The van der Waals surface area contributed by atoms with E-state index in [9.17, 15) is 4.79 Å². The third-order valence-electron chi connectivity index (χ3n) is 1.65. The van der Waals surface area contributed by atoms with Crippen LogP contribution >= 0.6 is 0 Å². The van der Waals surface area contributed by atoms with Gasteiger partial charge in [0.05, 0.1) is 0 Å². The van der Waals surface area contributed by atoms with E-state index in [1.54, 1.807) is 23.9 Å². The summed E-state index contributed by atoms with van der Waals surface area (Å²) in [7, 11) is 0. The number of aryl methyl sites for hydroxylation is 1. The third-order valence-corrected chi connectivity index (χ3v) is 1.65. The molecule has 0 aromatic carbocycles. The highest BCUT2D eigenvalue weighted by Gasteiger charge is 2.11. The number of allylic oxidation sites excluding steroid dienone is 1. The van der Waals surface area contributed by atoms with Crippen molar-refractivity contribution in [2.24, 2.45) is 0 Å². The number of hydrogen-bond acceptors (Lipinski definition) is 2. The molecule has 0 atom stereocenters. The molecule has 0 saturated heterocycles. The highest BCUT2D eigenvalue weighted by molar-refractivity contribution is 6.05. The second kappa shape index (κ2) is 3.34. The average molecular weight is 164 g/mol. The first-order chi connectivity index (χ1) is 5.66. The molecule has 12 heavy (non-hydrogen) atoms. The van der Waals surface area contributed by atoms with Crippen LogP contribution in [0.4, 0.5) is 0 Å². The van der Waals surface area contributed by atoms with Gasteiger partial charge in [0.15, 0.2) is 5.82 Å². The number of imidazole rings is 1. The maximum absolute atomic E-state index is 11.4. The van der Waals surface area contributed by atoms with Crippen molar-refractivity contribution in [3.8, 4) is 0 Å². The Bertz CT molecular complexity index is 312. The quantitative estimate of drug-likeness (QED) is 0.503. The van der Waals surface area contributed by atoms with E-state index in [2.05, 4.69) is 11.6 Å². The molecule has 3 heteroatoms. The molecule has 0 unspecified atom stereocenters. The zero-order valence-electron chi connectivity index (χ0n) is 7.37. The molecule has 0 spiro atoms. The summed E-state index contributed by atoms with van der Waals surface area (Å²) in [5.41, 5.74) is 0.524. The van der Waals surface area contributed by atoms with Crippen LogP contribution in [0, 0.1) is 0 Å². The molecule has 64 valence electrons. The first-order valence-corrected chi connectivity index (χ1v) is 3.88. The minimum atomic E-state index is -0.0816. The van der Waals surface area contributed by atoms with E-state index < -0.39 is 0 Å². The van der Waals surface area contributed by atoms with Gasteiger partial charge < -0.3 is 4.57 Å². The topological polar surface area (TPSA) is 34.9 Å². The van der Waals surface area contributed by atoms with Crippen LogP contribution in [0.15, 0.2) is 24.5 Å². The summed E-state index contributed by atoms with van der Waals surface area (Å²) in [4.78, 5) is 15.4. The predicted molar refractivity (Wildman–Crippen MR) is 47.0 cm³/mol. The molecule has 0 saturated carbocycles. The van der Waals surface area contributed by atoms with Gasteiger partial charge in [0.2, 0.25) is 5.78 Å². The molecule has 1 heterocycles. The lowest BCUT2D eigenvalue weighted by Gasteiger charge is -2.01. The molecule has 0 fully saturated rings. The van der Waals surface area contributed by atoms with Crippen molar-refractivity contribution in [3.05, 3.63) is 30.4 Å². The number of rotatable bonds is 3. The summed E-state index contributed by atoms with van der Waals surface area (Å²) in [6, 6.07) is 0. The summed E-state index contributed by atoms with van der Waals surface area (Å²) in [5, 5.41) is 0. The summed E-state index contributed by atoms with van der Waals surface area (Å²) in [6.45, 7) is 8.00. The molecule has 1 rings (SSSR count). The van der Waals surface area contributed by atoms with Crippen molar-refractivity contribution >= 4 is 5.78 Å². The van der Waals surface area contributed by atoms with Gasteiger partial charge in [0.25, 0.3) is 0 Å². The Morgan fingerprint density at radius 3 is 2.92 bits per heavy atom. The van der Waals surface area contributed by atoms with Crippen LogP contribution in [0.2, 0.25) is 0 Å². The Balaban J connectivity index is 3.02. The fraction of sp³-hybridized carbons (Fsp3) is 0.333. The summed E-state index contributed by atoms with van der Waals surface area (Å²) >= 11 is 0. The molecule has 0 aliphatic heterocycles. The Labute approximate surface area is 71.7 Å². The Morgan fingerprint density at radius 2 is 2.42 bits per heavy atom. The first-order valence-electron chi connectivity index (χ1n) is 3.88. The van der Waals surface area contributed by atoms with Crippen LogP contribution in [0.1, 0.15) is 24.5 Å². The Kier molecular flexibility index (Phi) is 2.43. The van der Waals surface area contributed by atoms with Crippen molar-refractivity contribution in [2.75, 3.05) is 0 Å². The van der Waals surface area contributed by atoms with Crippen molar-refractivity contribution in [2.45, 2.75) is 20.4 Å². The predicted octanol–water partition coefficient (Wildman–Crippen LogP) is 1.66. The smallest absolute Gasteiger partial charge is 0.223 e. The fourth-order valence-electron chi connectivity index (χ4n) is 0.964. The highest BCUT2D eigenvalue weighted by Crippen LogP contribution is 2.04. The highest BCUT2D eigenvalue weighted by atomic mass is 16.1. The number of Topliss-reactive ketones (excluding diaryl/α,β-unsaturated/α-hetero) is 1. The van der Waals surface area contributed by atoms with Crippen molar-refractivity contribution in [3.63, 3.8) is 0 Å². The van der Waals surface area contributed by atoms with Gasteiger partial charge in [0, 0.05) is 18.9 Å². The maximum atomic E-state index is 11.4. The molecule has 0 aliphatic rings. The van der Waals surface area contributed by atoms with Crippen LogP contribution in [0.5, 0.6) is 0 Å². The lowest BCUT2D eigenvalue weighted by atomic mass is 10.2. The van der Waals surface area contributed by atoms with Crippen molar-refractivity contribution < 1.29 is 4.79 Å². The SMILES string of the molecule is C=C(C)C(=O)c1nccn1CC. The molecule has 0 amide bonds. The van der Waals surface area contributed by atoms with Gasteiger partial charge in [-0.1, -0.05) is 6.58 Å². The van der Waals surface area contributed by atoms with Gasteiger partial charge >= 0.3 is 0 Å². The van der Waals surface area contributed by atoms with E-state index in [-0.39, 0.29) is 5.78 Å². The number of aromatic nitrogens is 2. The average Bonchev–Trinajstić information content (AvgIpc) is 2.49. The first kappa shape index (κ1) is 8.71. The monoisotopic (exact) mass is 164 g/mol. The number of nitrogens with zero attached hydrogens (tertiary/aromatic N) is 2. The van der Waals surface area contributed by atoms with Crippen LogP contribution in [0.25, 0.3) is 0 Å². The molecule has 0 radical (unpaired) electrons. The van der Waals surface area contributed by atoms with Crippen LogP contribution in [-0.2, 0) is 6.54 Å². The van der Waals surface area contributed by atoms with Gasteiger partial charge in [-0.15, -0.1) is 0 Å². The molecule has 0 aliphatic carbocycles. The zero-order chi connectivity index (χ0) is 9.14. The molecule has 0 N–H and O–H groups in total. The van der Waals surface area contributed by atoms with Crippen LogP contribution in [0.3, 0.4) is 0 Å². The van der Waals surface area contributed by atoms with Gasteiger partial charge in [-0.2, -0.15) is 0 Å². The maximum Gasteiger partial charge on any atom is 0.223 e. The molecule has 1 aromatic rings. The summed E-state index contributed by atoms with van der Waals surface area (Å²) in [5.74, 6) is 0.395. The van der Waals surface area contributed by atoms with Gasteiger partial charge in [-0.05, 0) is 19.4 Å².